The number of Topliss-reactive ketones (excluding diaryl/α,β-unsaturated/α-hetero) is 1. The second kappa shape index (κ2) is 9.44. The second-order valence-electron chi connectivity index (χ2n) is 7.38. The average molecular weight is 430 g/mol. The van der Waals surface area contributed by atoms with Gasteiger partial charge in [-0.05, 0) is 17.2 Å². The van der Waals surface area contributed by atoms with Crippen molar-refractivity contribution in [3.05, 3.63) is 88.4 Å². The maximum atomic E-state index is 12.4. The first-order valence-electron chi connectivity index (χ1n) is 10.0. The highest BCUT2D eigenvalue weighted by molar-refractivity contribution is 5.81. The highest BCUT2D eigenvalue weighted by Crippen LogP contribution is 2.18. The zero-order valence-electron chi connectivity index (χ0n) is 17.8. The maximum absolute atomic E-state index is 12.4. The highest BCUT2D eigenvalue weighted by atomic mass is 16.5. The Bertz CT molecular complexity index is 1290. The SMILES string of the molecule is COCC(=O)Cc1cnc(-c2cccc(Cc3nn(-c4cnn(C)c4)ccc3=O)c2)nc1. The Balaban J connectivity index is 1.54. The van der Waals surface area contributed by atoms with Gasteiger partial charge in [0, 0.05) is 57.2 Å². The van der Waals surface area contributed by atoms with E-state index < -0.39 is 0 Å². The van der Waals surface area contributed by atoms with E-state index in [2.05, 4.69) is 20.2 Å². The topological polar surface area (TPSA) is 105 Å². The Hall–Kier alpha value is -3.98. The van der Waals surface area contributed by atoms with Crippen LogP contribution in [0.4, 0.5) is 0 Å². The summed E-state index contributed by atoms with van der Waals surface area (Å²) in [5.74, 6) is 0.515. The van der Waals surface area contributed by atoms with E-state index in [1.807, 2.05) is 37.5 Å². The van der Waals surface area contributed by atoms with Crippen LogP contribution in [0.1, 0.15) is 16.8 Å². The van der Waals surface area contributed by atoms with Gasteiger partial charge in [0.15, 0.2) is 11.6 Å². The van der Waals surface area contributed by atoms with Gasteiger partial charge in [-0.1, -0.05) is 18.2 Å². The van der Waals surface area contributed by atoms with Crippen molar-refractivity contribution in [1.29, 1.82) is 0 Å². The largest absolute Gasteiger partial charge is 0.377 e. The highest BCUT2D eigenvalue weighted by Gasteiger charge is 2.10. The lowest BCUT2D eigenvalue weighted by Gasteiger charge is -2.07. The minimum absolute atomic E-state index is 0.0295. The van der Waals surface area contributed by atoms with Crippen LogP contribution in [0.5, 0.6) is 0 Å². The van der Waals surface area contributed by atoms with E-state index in [0.29, 0.717) is 17.9 Å². The Morgan fingerprint density at radius 3 is 2.62 bits per heavy atom. The van der Waals surface area contributed by atoms with Crippen molar-refractivity contribution in [2.24, 2.45) is 7.05 Å². The lowest BCUT2D eigenvalue weighted by molar-refractivity contribution is -0.121. The molecule has 3 aromatic heterocycles. The number of nitrogens with zero attached hydrogens (tertiary/aromatic N) is 6. The van der Waals surface area contributed by atoms with Crippen molar-refractivity contribution >= 4 is 5.78 Å². The first-order chi connectivity index (χ1) is 15.5. The maximum Gasteiger partial charge on any atom is 0.203 e. The number of hydrogen-bond donors (Lipinski definition) is 0. The van der Waals surface area contributed by atoms with Crippen molar-refractivity contribution in [3.63, 3.8) is 0 Å². The molecule has 9 heteroatoms. The van der Waals surface area contributed by atoms with Gasteiger partial charge < -0.3 is 4.74 Å². The van der Waals surface area contributed by atoms with Crippen LogP contribution in [0.2, 0.25) is 0 Å². The van der Waals surface area contributed by atoms with E-state index in [4.69, 9.17) is 4.74 Å². The number of carbonyl (C=O) groups excluding carboxylic acids is 1. The number of aryl methyl sites for hydroxylation is 1. The van der Waals surface area contributed by atoms with Gasteiger partial charge >= 0.3 is 0 Å². The van der Waals surface area contributed by atoms with E-state index in [1.54, 1.807) is 34.2 Å². The fourth-order valence-corrected chi connectivity index (χ4v) is 3.29. The summed E-state index contributed by atoms with van der Waals surface area (Å²) in [7, 11) is 3.31. The Kier molecular flexibility index (Phi) is 6.27. The molecule has 0 saturated carbocycles. The number of carbonyl (C=O) groups is 1. The molecule has 0 spiro atoms. The normalized spacial score (nSPS) is 10.9. The van der Waals surface area contributed by atoms with Gasteiger partial charge in [0.1, 0.15) is 18.0 Å². The van der Waals surface area contributed by atoms with Gasteiger partial charge in [0.2, 0.25) is 5.43 Å². The van der Waals surface area contributed by atoms with Gasteiger partial charge in [-0.15, -0.1) is 0 Å². The zero-order valence-corrected chi connectivity index (χ0v) is 17.8. The van der Waals surface area contributed by atoms with Crippen LogP contribution in [0.15, 0.2) is 66.1 Å². The number of benzene rings is 1. The van der Waals surface area contributed by atoms with E-state index in [9.17, 15) is 9.59 Å². The number of ketones is 1. The molecule has 9 nitrogen and oxygen atoms in total. The molecule has 0 fully saturated rings. The summed E-state index contributed by atoms with van der Waals surface area (Å²) >= 11 is 0. The molecule has 0 aliphatic heterocycles. The molecule has 1 aromatic carbocycles. The van der Waals surface area contributed by atoms with Crippen molar-refractivity contribution in [3.8, 4) is 17.1 Å². The van der Waals surface area contributed by atoms with E-state index >= 15 is 0 Å². The monoisotopic (exact) mass is 430 g/mol. The van der Waals surface area contributed by atoms with Crippen LogP contribution in [-0.4, -0.2) is 49.0 Å². The third-order valence-electron chi connectivity index (χ3n) is 4.80. The van der Waals surface area contributed by atoms with Crippen LogP contribution in [-0.2, 0) is 29.4 Å². The molecular weight excluding hydrogens is 408 g/mol. The van der Waals surface area contributed by atoms with Gasteiger partial charge in [0.05, 0.1) is 12.4 Å². The third kappa shape index (κ3) is 5.01. The van der Waals surface area contributed by atoms with Gasteiger partial charge in [-0.2, -0.15) is 10.2 Å². The minimum Gasteiger partial charge on any atom is -0.377 e. The van der Waals surface area contributed by atoms with Crippen LogP contribution >= 0.6 is 0 Å². The summed E-state index contributed by atoms with van der Waals surface area (Å²) in [6, 6.07) is 9.18. The molecule has 0 aliphatic carbocycles. The Morgan fingerprint density at radius 1 is 1.09 bits per heavy atom. The van der Waals surface area contributed by atoms with Crippen LogP contribution in [0.3, 0.4) is 0 Å². The molecule has 32 heavy (non-hydrogen) atoms. The van der Waals surface area contributed by atoms with Crippen molar-refractivity contribution in [1.82, 2.24) is 29.5 Å². The number of ether oxygens (including phenoxy) is 1. The Labute approximate surface area is 184 Å². The molecule has 0 bridgehead atoms. The standard InChI is InChI=1S/C23H22N6O3/c1-28-14-19(13-26-28)29-7-6-22(31)21(27-29)10-16-4-3-5-18(8-16)23-24-11-17(12-25-23)9-20(30)15-32-2/h3-8,11-14H,9-10,15H2,1-2H3. The first-order valence-corrected chi connectivity index (χ1v) is 10.0. The summed E-state index contributed by atoms with van der Waals surface area (Å²) < 4.78 is 8.17. The Morgan fingerprint density at radius 2 is 1.91 bits per heavy atom. The van der Waals surface area contributed by atoms with E-state index in [0.717, 1.165) is 22.4 Å². The second-order valence-corrected chi connectivity index (χ2v) is 7.38. The molecule has 0 unspecified atom stereocenters. The zero-order chi connectivity index (χ0) is 22.5. The summed E-state index contributed by atoms with van der Waals surface area (Å²) in [5.41, 5.74) is 3.55. The summed E-state index contributed by atoms with van der Waals surface area (Å²) in [6.45, 7) is 0.0693. The fourth-order valence-electron chi connectivity index (χ4n) is 3.29. The predicted molar refractivity (Wildman–Crippen MR) is 117 cm³/mol. The van der Waals surface area contributed by atoms with Crippen LogP contribution in [0, 0.1) is 0 Å². The molecule has 4 rings (SSSR count). The molecule has 4 aromatic rings. The molecule has 0 radical (unpaired) electrons. The smallest absolute Gasteiger partial charge is 0.203 e. The lowest BCUT2D eigenvalue weighted by Crippen LogP contribution is -2.16. The van der Waals surface area contributed by atoms with E-state index in [1.165, 1.54) is 13.2 Å². The van der Waals surface area contributed by atoms with Crippen LogP contribution in [0.25, 0.3) is 17.1 Å². The molecule has 162 valence electrons. The molecule has 0 saturated heterocycles. The summed E-state index contributed by atoms with van der Waals surface area (Å²) in [5, 5.41) is 8.63. The van der Waals surface area contributed by atoms with E-state index in [-0.39, 0.29) is 24.2 Å². The average Bonchev–Trinajstić information content (AvgIpc) is 3.22. The van der Waals surface area contributed by atoms with Crippen molar-refractivity contribution < 1.29 is 9.53 Å². The molecule has 3 heterocycles. The number of methoxy groups -OCH3 is 1. The molecular formula is C23H22N6O3. The van der Waals surface area contributed by atoms with Gasteiger partial charge in [-0.3, -0.25) is 14.3 Å². The molecule has 0 amide bonds. The molecule has 0 N–H and O–H groups in total. The number of rotatable bonds is 8. The molecule has 0 atom stereocenters. The van der Waals surface area contributed by atoms with Crippen molar-refractivity contribution in [2.45, 2.75) is 12.8 Å². The van der Waals surface area contributed by atoms with Gasteiger partial charge in [0.25, 0.3) is 0 Å². The summed E-state index contributed by atoms with van der Waals surface area (Å²) in [4.78, 5) is 32.9. The summed E-state index contributed by atoms with van der Waals surface area (Å²) in [6.07, 6.45) is 9.04. The predicted octanol–water partition coefficient (Wildman–Crippen LogP) is 1.77. The van der Waals surface area contributed by atoms with Crippen molar-refractivity contribution in [2.75, 3.05) is 13.7 Å². The van der Waals surface area contributed by atoms with Crippen LogP contribution < -0.4 is 5.43 Å². The first kappa shape index (κ1) is 21.3. The quantitative estimate of drug-likeness (QED) is 0.419. The number of hydrogen-bond acceptors (Lipinski definition) is 7. The van der Waals surface area contributed by atoms with Gasteiger partial charge in [-0.25, -0.2) is 14.6 Å². The fraction of sp³-hybridized carbons (Fsp3) is 0.217. The minimum atomic E-state index is -0.128. The lowest BCUT2D eigenvalue weighted by atomic mass is 10.1. The number of aromatic nitrogens is 6. The molecule has 0 aliphatic rings. The third-order valence-corrected chi connectivity index (χ3v) is 4.80.